The molecule has 8 nitrogen and oxygen atoms in total. The van der Waals surface area contributed by atoms with Crippen LogP contribution in [0, 0.1) is 12.8 Å². The third kappa shape index (κ3) is 4.16. The van der Waals surface area contributed by atoms with Crippen molar-refractivity contribution in [2.75, 3.05) is 44.4 Å². The minimum atomic E-state index is 0.0655. The van der Waals surface area contributed by atoms with Crippen molar-refractivity contribution < 1.29 is 14.3 Å². The van der Waals surface area contributed by atoms with Gasteiger partial charge in [-0.05, 0) is 30.7 Å². The van der Waals surface area contributed by atoms with E-state index in [1.54, 1.807) is 12.4 Å². The molecule has 1 amide bonds. The highest BCUT2D eigenvalue weighted by Gasteiger charge is 2.23. The van der Waals surface area contributed by atoms with E-state index in [4.69, 9.17) is 14.5 Å². The molecule has 160 valence electrons. The number of nitrogens with zero attached hydrogens (tertiary/aromatic N) is 4. The quantitative estimate of drug-likeness (QED) is 0.679. The van der Waals surface area contributed by atoms with Gasteiger partial charge >= 0.3 is 0 Å². The highest BCUT2D eigenvalue weighted by atomic mass is 16.5. The second-order valence-corrected chi connectivity index (χ2v) is 8.02. The first-order chi connectivity index (χ1) is 15.2. The molecule has 8 heteroatoms. The van der Waals surface area contributed by atoms with Gasteiger partial charge in [-0.2, -0.15) is 0 Å². The zero-order chi connectivity index (χ0) is 21.2. The molecule has 5 rings (SSSR count). The first-order valence-corrected chi connectivity index (χ1v) is 10.6. The Morgan fingerprint density at radius 2 is 2.03 bits per heavy atom. The van der Waals surface area contributed by atoms with Crippen LogP contribution >= 0.6 is 0 Å². The summed E-state index contributed by atoms with van der Waals surface area (Å²) < 4.78 is 11.5. The van der Waals surface area contributed by atoms with Gasteiger partial charge in [-0.3, -0.25) is 9.78 Å². The summed E-state index contributed by atoms with van der Waals surface area (Å²) in [5.41, 5.74) is 5.58. The van der Waals surface area contributed by atoms with Crippen LogP contribution in [0.5, 0.6) is 5.88 Å². The summed E-state index contributed by atoms with van der Waals surface area (Å²) >= 11 is 0. The Morgan fingerprint density at radius 3 is 2.81 bits per heavy atom. The number of carbonyl (C=O) groups excluding carboxylic acids is 1. The van der Waals surface area contributed by atoms with Gasteiger partial charge in [0.25, 0.3) is 0 Å². The molecule has 2 aromatic heterocycles. The van der Waals surface area contributed by atoms with Gasteiger partial charge in [0.2, 0.25) is 11.8 Å². The molecule has 4 heterocycles. The van der Waals surface area contributed by atoms with Gasteiger partial charge in [0.15, 0.2) is 5.52 Å². The lowest BCUT2D eigenvalue weighted by Crippen LogP contribution is -2.36. The largest absolute Gasteiger partial charge is 0.476 e. The number of hydrogen-bond donors (Lipinski definition) is 1. The molecule has 1 atom stereocenters. The van der Waals surface area contributed by atoms with Crippen molar-refractivity contribution in [2.45, 2.75) is 13.3 Å². The van der Waals surface area contributed by atoms with E-state index in [9.17, 15) is 4.79 Å². The molecule has 2 aliphatic heterocycles. The molecule has 0 saturated carbocycles. The normalized spacial score (nSPS) is 18.9. The van der Waals surface area contributed by atoms with E-state index >= 15 is 0 Å². The maximum absolute atomic E-state index is 11.5. The Hall–Kier alpha value is -3.26. The summed E-state index contributed by atoms with van der Waals surface area (Å²) in [5, 5.41) is 2.84. The fraction of sp³-hybridized carbons (Fsp3) is 0.391. The van der Waals surface area contributed by atoms with Gasteiger partial charge in [-0.1, -0.05) is 6.07 Å². The van der Waals surface area contributed by atoms with Gasteiger partial charge in [0.05, 0.1) is 31.0 Å². The lowest BCUT2D eigenvalue weighted by atomic mass is 10.0. The Bertz CT molecular complexity index is 1110. The molecular weight excluding hydrogens is 394 g/mol. The molecular formula is C23H25N5O3. The average molecular weight is 419 g/mol. The van der Waals surface area contributed by atoms with Crippen molar-refractivity contribution >= 4 is 22.6 Å². The SMILES string of the molecule is Cc1cc(-c2cc3nccnc3c(OC[C@@H]3CNC(=O)C3)n2)ccc1N1CCOCC1. The fourth-order valence-corrected chi connectivity index (χ4v) is 4.15. The van der Waals surface area contributed by atoms with E-state index in [1.165, 1.54) is 11.3 Å². The Labute approximate surface area is 180 Å². The fourth-order valence-electron chi connectivity index (χ4n) is 4.15. The van der Waals surface area contributed by atoms with Gasteiger partial charge < -0.3 is 19.7 Å². The molecule has 0 spiro atoms. The lowest BCUT2D eigenvalue weighted by molar-refractivity contribution is -0.119. The number of nitrogens with one attached hydrogen (secondary N) is 1. The molecule has 0 aliphatic carbocycles. The molecule has 2 saturated heterocycles. The van der Waals surface area contributed by atoms with Crippen molar-refractivity contribution in [1.82, 2.24) is 20.3 Å². The van der Waals surface area contributed by atoms with Crippen molar-refractivity contribution in [3.63, 3.8) is 0 Å². The Balaban J connectivity index is 1.45. The number of ether oxygens (including phenoxy) is 2. The zero-order valence-electron chi connectivity index (χ0n) is 17.5. The maximum Gasteiger partial charge on any atom is 0.242 e. The average Bonchev–Trinajstić information content (AvgIpc) is 3.23. The zero-order valence-corrected chi connectivity index (χ0v) is 17.5. The summed E-state index contributed by atoms with van der Waals surface area (Å²) in [6.07, 6.45) is 3.78. The standard InChI is InChI=1S/C23H25N5O3/c1-15-10-17(2-3-20(15)28-6-8-30-9-7-28)18-12-19-22(25-5-4-24-19)23(27-18)31-14-16-11-21(29)26-13-16/h2-5,10,12,16H,6-9,11,13-14H2,1H3,(H,26,29)/t16-/m0/s1. The number of carbonyl (C=O) groups is 1. The summed E-state index contributed by atoms with van der Waals surface area (Å²) in [7, 11) is 0. The molecule has 0 unspecified atom stereocenters. The smallest absolute Gasteiger partial charge is 0.242 e. The number of rotatable bonds is 5. The molecule has 0 radical (unpaired) electrons. The van der Waals surface area contributed by atoms with Crippen LogP contribution < -0.4 is 15.0 Å². The van der Waals surface area contributed by atoms with Crippen LogP contribution in [-0.4, -0.2) is 60.3 Å². The maximum atomic E-state index is 11.5. The second-order valence-electron chi connectivity index (χ2n) is 8.02. The summed E-state index contributed by atoms with van der Waals surface area (Å²) in [6, 6.07) is 8.33. The molecule has 2 fully saturated rings. The number of pyridine rings is 1. The summed E-state index contributed by atoms with van der Waals surface area (Å²) in [6.45, 7) is 6.49. The predicted molar refractivity (Wildman–Crippen MR) is 117 cm³/mol. The number of benzene rings is 1. The van der Waals surface area contributed by atoms with E-state index < -0.39 is 0 Å². The summed E-state index contributed by atoms with van der Waals surface area (Å²) in [5.74, 6) is 0.658. The van der Waals surface area contributed by atoms with Crippen LogP contribution in [0.1, 0.15) is 12.0 Å². The van der Waals surface area contributed by atoms with Gasteiger partial charge in [0, 0.05) is 55.6 Å². The van der Waals surface area contributed by atoms with Gasteiger partial charge in [-0.15, -0.1) is 0 Å². The van der Waals surface area contributed by atoms with E-state index in [1.807, 2.05) is 6.07 Å². The Morgan fingerprint density at radius 1 is 1.19 bits per heavy atom. The molecule has 31 heavy (non-hydrogen) atoms. The minimum Gasteiger partial charge on any atom is -0.476 e. The number of morpholine rings is 1. The van der Waals surface area contributed by atoms with Crippen LogP contribution in [0.15, 0.2) is 36.7 Å². The number of hydrogen-bond acceptors (Lipinski definition) is 7. The topological polar surface area (TPSA) is 89.5 Å². The first kappa shape index (κ1) is 19.7. The van der Waals surface area contributed by atoms with E-state index in [2.05, 4.69) is 45.3 Å². The molecule has 3 aromatic rings. The highest BCUT2D eigenvalue weighted by Crippen LogP contribution is 2.31. The van der Waals surface area contributed by atoms with Crippen LogP contribution in [0.3, 0.4) is 0 Å². The van der Waals surface area contributed by atoms with E-state index in [0.717, 1.165) is 43.1 Å². The highest BCUT2D eigenvalue weighted by molar-refractivity contribution is 5.84. The van der Waals surface area contributed by atoms with E-state index in [0.29, 0.717) is 31.0 Å². The Kier molecular flexibility index (Phi) is 5.38. The number of fused-ring (bicyclic) bond motifs is 1. The third-order valence-corrected chi connectivity index (χ3v) is 5.79. The first-order valence-electron chi connectivity index (χ1n) is 10.6. The molecule has 1 aromatic carbocycles. The predicted octanol–water partition coefficient (Wildman–Crippen LogP) is 2.35. The molecule has 0 bridgehead atoms. The van der Waals surface area contributed by atoms with Crippen LogP contribution in [-0.2, 0) is 9.53 Å². The van der Waals surface area contributed by atoms with Crippen molar-refractivity contribution in [3.05, 3.63) is 42.2 Å². The molecule has 1 N–H and O–H groups in total. The van der Waals surface area contributed by atoms with Crippen molar-refractivity contribution in [1.29, 1.82) is 0 Å². The van der Waals surface area contributed by atoms with E-state index in [-0.39, 0.29) is 11.8 Å². The monoisotopic (exact) mass is 419 g/mol. The number of anilines is 1. The number of aromatic nitrogens is 3. The number of aryl methyl sites for hydroxylation is 1. The number of amides is 1. The van der Waals surface area contributed by atoms with Crippen molar-refractivity contribution in [3.8, 4) is 17.1 Å². The third-order valence-electron chi connectivity index (χ3n) is 5.79. The van der Waals surface area contributed by atoms with Crippen LogP contribution in [0.25, 0.3) is 22.3 Å². The van der Waals surface area contributed by atoms with Gasteiger partial charge in [-0.25, -0.2) is 9.97 Å². The minimum absolute atomic E-state index is 0.0655. The van der Waals surface area contributed by atoms with Gasteiger partial charge in [0.1, 0.15) is 0 Å². The van der Waals surface area contributed by atoms with Crippen LogP contribution in [0.4, 0.5) is 5.69 Å². The second kappa shape index (κ2) is 8.47. The van der Waals surface area contributed by atoms with Crippen LogP contribution in [0.2, 0.25) is 0 Å². The summed E-state index contributed by atoms with van der Waals surface area (Å²) in [4.78, 5) is 27.5. The molecule has 2 aliphatic rings. The lowest BCUT2D eigenvalue weighted by Gasteiger charge is -2.30. The van der Waals surface area contributed by atoms with Crippen molar-refractivity contribution in [2.24, 2.45) is 5.92 Å².